The van der Waals surface area contributed by atoms with E-state index in [0.29, 0.717) is 0 Å². The summed E-state index contributed by atoms with van der Waals surface area (Å²) in [5.74, 6) is -0.566. The first kappa shape index (κ1) is 15.1. The third-order valence-electron chi connectivity index (χ3n) is 2.74. The highest BCUT2D eigenvalue weighted by Crippen LogP contribution is 2.08. The minimum Gasteiger partial charge on any atom is -0.465 e. The molecule has 0 radical (unpaired) electrons. The van der Waals surface area contributed by atoms with Gasteiger partial charge in [-0.3, -0.25) is 0 Å². The van der Waals surface area contributed by atoms with E-state index < -0.39 is 16.0 Å². The molecule has 0 aliphatic heterocycles. The summed E-state index contributed by atoms with van der Waals surface area (Å²) < 4.78 is 31.1. The molecule has 0 amide bonds. The fourth-order valence-corrected chi connectivity index (χ4v) is 2.57. The van der Waals surface area contributed by atoms with Gasteiger partial charge < -0.3 is 4.74 Å². The molecule has 21 heavy (non-hydrogen) atoms. The first-order chi connectivity index (χ1) is 10.0. The molecular weight excluding hydrogens is 292 g/mol. The van der Waals surface area contributed by atoms with E-state index >= 15 is 0 Å². The number of ether oxygens (including phenoxy) is 1. The second-order valence-electron chi connectivity index (χ2n) is 4.19. The highest BCUT2D eigenvalue weighted by molar-refractivity contribution is 7.89. The van der Waals surface area contributed by atoms with Crippen molar-refractivity contribution in [3.8, 4) is 0 Å². The van der Waals surface area contributed by atoms with Crippen molar-refractivity contribution in [3.05, 3.63) is 59.8 Å². The zero-order valence-electron chi connectivity index (χ0n) is 11.3. The number of hydrogen-bond donors (Lipinski definition) is 1. The molecular formula is C14H14N2O4S. The number of carbonyl (C=O) groups excluding carboxylic acids is 1. The number of rotatable bonds is 5. The van der Waals surface area contributed by atoms with Crippen molar-refractivity contribution < 1.29 is 17.9 Å². The first-order valence-electron chi connectivity index (χ1n) is 6.11. The molecule has 0 unspecified atom stereocenters. The van der Waals surface area contributed by atoms with E-state index in [-0.39, 0.29) is 17.1 Å². The normalized spacial score (nSPS) is 11.1. The molecule has 1 aromatic heterocycles. The number of benzene rings is 1. The van der Waals surface area contributed by atoms with Crippen LogP contribution < -0.4 is 4.72 Å². The summed E-state index contributed by atoms with van der Waals surface area (Å²) in [6, 6.07) is 11.8. The summed E-state index contributed by atoms with van der Waals surface area (Å²) in [5.41, 5.74) is 1.03. The van der Waals surface area contributed by atoms with Gasteiger partial charge in [0.15, 0.2) is 5.03 Å². The third kappa shape index (κ3) is 3.87. The van der Waals surface area contributed by atoms with Crippen LogP contribution in [0.2, 0.25) is 0 Å². The minimum absolute atomic E-state index is 0.147. The summed E-state index contributed by atoms with van der Waals surface area (Å²) in [5, 5.41) is -0.147. The van der Waals surface area contributed by atoms with Crippen molar-refractivity contribution in [1.29, 1.82) is 0 Å². The quantitative estimate of drug-likeness (QED) is 0.843. The van der Waals surface area contributed by atoms with E-state index in [2.05, 4.69) is 14.4 Å². The van der Waals surface area contributed by atoms with E-state index in [1.807, 2.05) is 30.3 Å². The Morgan fingerprint density at radius 2 is 1.90 bits per heavy atom. The molecule has 6 nitrogen and oxygen atoms in total. The second kappa shape index (κ2) is 6.47. The van der Waals surface area contributed by atoms with Gasteiger partial charge in [-0.1, -0.05) is 30.3 Å². The van der Waals surface area contributed by atoms with Gasteiger partial charge >= 0.3 is 5.97 Å². The van der Waals surface area contributed by atoms with Gasteiger partial charge in [-0.15, -0.1) is 0 Å². The molecule has 0 saturated heterocycles. The van der Waals surface area contributed by atoms with Crippen molar-refractivity contribution in [1.82, 2.24) is 9.71 Å². The smallest absolute Gasteiger partial charge is 0.339 e. The predicted molar refractivity (Wildman–Crippen MR) is 76.0 cm³/mol. The van der Waals surface area contributed by atoms with Gasteiger partial charge in [0.25, 0.3) is 10.0 Å². The van der Waals surface area contributed by atoms with E-state index in [0.717, 1.165) is 5.56 Å². The number of hydrogen-bond acceptors (Lipinski definition) is 5. The maximum absolute atomic E-state index is 12.1. The Balaban J connectivity index is 2.10. The molecule has 0 aliphatic carbocycles. The van der Waals surface area contributed by atoms with Crippen LogP contribution >= 0.6 is 0 Å². The van der Waals surface area contributed by atoms with Crippen LogP contribution in [0.1, 0.15) is 15.9 Å². The summed E-state index contributed by atoms with van der Waals surface area (Å²) in [6.07, 6.45) is 1.17. The molecule has 7 heteroatoms. The van der Waals surface area contributed by atoms with Crippen LogP contribution in [0.3, 0.4) is 0 Å². The van der Waals surface area contributed by atoms with Crippen molar-refractivity contribution in [2.24, 2.45) is 0 Å². The lowest BCUT2D eigenvalue weighted by molar-refractivity contribution is 0.0600. The van der Waals surface area contributed by atoms with Crippen molar-refractivity contribution in [2.75, 3.05) is 7.11 Å². The Labute approximate surface area is 122 Å². The topological polar surface area (TPSA) is 85.4 Å². The number of nitrogens with one attached hydrogen (secondary N) is 1. The predicted octanol–water partition coefficient (Wildman–Crippen LogP) is 1.35. The van der Waals surface area contributed by atoms with Crippen molar-refractivity contribution in [3.63, 3.8) is 0 Å². The van der Waals surface area contributed by atoms with Crippen LogP contribution in [0.25, 0.3) is 0 Å². The number of sulfonamides is 1. The van der Waals surface area contributed by atoms with Crippen LogP contribution in [0, 0.1) is 0 Å². The molecule has 1 N–H and O–H groups in total. The molecule has 0 aliphatic rings. The van der Waals surface area contributed by atoms with Gasteiger partial charge in [0, 0.05) is 12.7 Å². The molecule has 110 valence electrons. The molecule has 2 rings (SSSR count). The lowest BCUT2D eigenvalue weighted by Crippen LogP contribution is -2.24. The zero-order valence-corrected chi connectivity index (χ0v) is 12.1. The van der Waals surface area contributed by atoms with Crippen LogP contribution in [-0.2, 0) is 21.3 Å². The van der Waals surface area contributed by atoms with Gasteiger partial charge in [-0.2, -0.15) is 0 Å². The summed E-state index contributed by atoms with van der Waals surface area (Å²) in [4.78, 5) is 15.0. The van der Waals surface area contributed by atoms with E-state index in [9.17, 15) is 13.2 Å². The Bertz CT molecular complexity index is 712. The Morgan fingerprint density at radius 3 is 2.48 bits per heavy atom. The lowest BCUT2D eigenvalue weighted by Gasteiger charge is -2.06. The molecule has 1 heterocycles. The Kier molecular flexibility index (Phi) is 4.66. The Hall–Kier alpha value is -2.25. The SMILES string of the molecule is COC(=O)c1ccc(S(=O)(=O)NCc2ccccc2)nc1. The number of carbonyl (C=O) groups is 1. The van der Waals surface area contributed by atoms with E-state index in [4.69, 9.17) is 0 Å². The van der Waals surface area contributed by atoms with Crippen molar-refractivity contribution in [2.45, 2.75) is 11.6 Å². The van der Waals surface area contributed by atoms with E-state index in [1.54, 1.807) is 0 Å². The monoisotopic (exact) mass is 306 g/mol. The maximum atomic E-state index is 12.1. The van der Waals surface area contributed by atoms with Gasteiger partial charge in [0.1, 0.15) is 0 Å². The summed E-state index contributed by atoms with van der Waals surface area (Å²) in [6.45, 7) is 0.170. The number of methoxy groups -OCH3 is 1. The minimum atomic E-state index is -3.72. The largest absolute Gasteiger partial charge is 0.465 e. The van der Waals surface area contributed by atoms with Gasteiger partial charge in [-0.25, -0.2) is 22.9 Å². The number of nitrogens with zero attached hydrogens (tertiary/aromatic N) is 1. The fraction of sp³-hybridized carbons (Fsp3) is 0.143. The summed E-state index contributed by atoms with van der Waals surface area (Å²) in [7, 11) is -2.48. The van der Waals surface area contributed by atoms with Crippen LogP contribution in [-0.4, -0.2) is 26.5 Å². The van der Waals surface area contributed by atoms with Gasteiger partial charge in [-0.05, 0) is 17.7 Å². The average Bonchev–Trinajstić information content (AvgIpc) is 2.53. The average molecular weight is 306 g/mol. The van der Waals surface area contributed by atoms with Crippen LogP contribution in [0.15, 0.2) is 53.7 Å². The van der Waals surface area contributed by atoms with E-state index in [1.165, 1.54) is 25.4 Å². The lowest BCUT2D eigenvalue weighted by atomic mass is 10.2. The Morgan fingerprint density at radius 1 is 1.19 bits per heavy atom. The molecule has 2 aromatic rings. The maximum Gasteiger partial charge on any atom is 0.339 e. The van der Waals surface area contributed by atoms with Gasteiger partial charge in [0.05, 0.1) is 12.7 Å². The molecule has 0 spiro atoms. The standard InChI is InChI=1S/C14H14N2O4S/c1-20-14(17)12-7-8-13(15-10-12)21(18,19)16-9-11-5-3-2-4-6-11/h2-8,10,16H,9H2,1H3. The number of aromatic nitrogens is 1. The molecule has 0 bridgehead atoms. The number of pyridine rings is 1. The molecule has 1 aromatic carbocycles. The third-order valence-corrected chi connectivity index (χ3v) is 4.06. The molecule has 0 fully saturated rings. The highest BCUT2D eigenvalue weighted by atomic mass is 32.2. The zero-order chi connectivity index (χ0) is 15.3. The van der Waals surface area contributed by atoms with Crippen LogP contribution in [0.4, 0.5) is 0 Å². The molecule has 0 atom stereocenters. The van der Waals surface area contributed by atoms with Gasteiger partial charge in [0.2, 0.25) is 0 Å². The summed E-state index contributed by atoms with van der Waals surface area (Å²) >= 11 is 0. The van der Waals surface area contributed by atoms with Crippen LogP contribution in [0.5, 0.6) is 0 Å². The molecule has 0 saturated carbocycles. The second-order valence-corrected chi connectivity index (χ2v) is 5.90. The number of esters is 1. The highest BCUT2D eigenvalue weighted by Gasteiger charge is 2.16. The van der Waals surface area contributed by atoms with Crippen molar-refractivity contribution >= 4 is 16.0 Å². The first-order valence-corrected chi connectivity index (χ1v) is 7.59. The fourth-order valence-electron chi connectivity index (χ4n) is 1.63.